The van der Waals surface area contributed by atoms with Gasteiger partial charge in [0.25, 0.3) is 5.91 Å². The Balaban J connectivity index is 2.67. The Bertz CT molecular complexity index is 548. The lowest BCUT2D eigenvalue weighted by molar-refractivity contribution is -0.152. The van der Waals surface area contributed by atoms with E-state index in [9.17, 15) is 19.5 Å². The van der Waals surface area contributed by atoms with Crippen LogP contribution in [0.15, 0.2) is 0 Å². The average molecular weight is 337 g/mol. The van der Waals surface area contributed by atoms with Gasteiger partial charge in [0.05, 0.1) is 12.5 Å². The van der Waals surface area contributed by atoms with Crippen LogP contribution in [0.5, 0.6) is 0 Å². The molecule has 1 N–H and O–H groups in total. The molecule has 0 aromatic rings. The van der Waals surface area contributed by atoms with E-state index in [4.69, 9.17) is 0 Å². The number of carbonyl (C=O) groups is 3. The Labute approximate surface area is 143 Å². The Kier molecular flexibility index (Phi) is 7.23. The number of likely N-dealkylation sites (N-methyl/N-ethyl adjacent to an activating group) is 1. The number of amides is 2. The predicted octanol–water partition coefficient (Wildman–Crippen LogP) is -0.0325. The van der Waals surface area contributed by atoms with Crippen molar-refractivity contribution in [2.75, 3.05) is 40.8 Å². The molecule has 7 nitrogen and oxygen atoms in total. The summed E-state index contributed by atoms with van der Waals surface area (Å²) in [6.07, 6.45) is 0.536. The van der Waals surface area contributed by atoms with Gasteiger partial charge in [0.15, 0.2) is 0 Å². The SMILES string of the molecule is CC(C)C(C(=O)O)N(C)C(=O)[C@H]1CCN(C(=O)C#CCN(C)C)C1. The molecule has 0 aliphatic carbocycles. The minimum atomic E-state index is -1.01. The lowest BCUT2D eigenvalue weighted by Crippen LogP contribution is -2.48. The maximum absolute atomic E-state index is 12.5. The molecule has 1 fully saturated rings. The molecular formula is C17H27N3O4. The van der Waals surface area contributed by atoms with E-state index in [2.05, 4.69) is 11.8 Å². The molecule has 1 unspecified atom stereocenters. The van der Waals surface area contributed by atoms with Crippen LogP contribution in [0.25, 0.3) is 0 Å². The number of likely N-dealkylation sites (tertiary alicyclic amines) is 1. The summed E-state index contributed by atoms with van der Waals surface area (Å²) in [7, 11) is 5.25. The zero-order valence-electron chi connectivity index (χ0n) is 15.1. The van der Waals surface area contributed by atoms with Crippen molar-refractivity contribution in [3.05, 3.63) is 0 Å². The highest BCUT2D eigenvalue weighted by Gasteiger charge is 2.37. The molecule has 0 saturated carbocycles. The average Bonchev–Trinajstić information content (AvgIpc) is 2.94. The van der Waals surface area contributed by atoms with Gasteiger partial charge in [-0.05, 0) is 32.4 Å². The minimum Gasteiger partial charge on any atom is -0.480 e. The first kappa shape index (κ1) is 20.0. The molecule has 1 rings (SSSR count). The molecule has 0 spiro atoms. The maximum atomic E-state index is 12.5. The summed E-state index contributed by atoms with van der Waals surface area (Å²) in [6, 6.07) is -0.859. The van der Waals surface area contributed by atoms with E-state index in [0.717, 1.165) is 0 Å². The van der Waals surface area contributed by atoms with E-state index in [1.807, 2.05) is 19.0 Å². The van der Waals surface area contributed by atoms with Gasteiger partial charge in [-0.25, -0.2) is 4.79 Å². The van der Waals surface area contributed by atoms with Gasteiger partial charge < -0.3 is 14.9 Å². The van der Waals surface area contributed by atoms with E-state index in [1.165, 1.54) is 11.9 Å². The van der Waals surface area contributed by atoms with Gasteiger partial charge in [0.2, 0.25) is 5.91 Å². The largest absolute Gasteiger partial charge is 0.480 e. The summed E-state index contributed by atoms with van der Waals surface area (Å²) < 4.78 is 0. The number of rotatable bonds is 5. The van der Waals surface area contributed by atoms with Crippen molar-refractivity contribution in [2.24, 2.45) is 11.8 Å². The number of hydrogen-bond donors (Lipinski definition) is 1. The first-order valence-corrected chi connectivity index (χ1v) is 8.07. The predicted molar refractivity (Wildman–Crippen MR) is 90.0 cm³/mol. The molecule has 7 heteroatoms. The highest BCUT2D eigenvalue weighted by molar-refractivity contribution is 5.94. The third-order valence-electron chi connectivity index (χ3n) is 4.06. The Morgan fingerprint density at radius 3 is 2.38 bits per heavy atom. The second-order valence-electron chi connectivity index (χ2n) is 6.75. The van der Waals surface area contributed by atoms with Gasteiger partial charge in [-0.2, -0.15) is 0 Å². The zero-order chi connectivity index (χ0) is 18.4. The molecule has 1 heterocycles. The van der Waals surface area contributed by atoms with Crippen molar-refractivity contribution in [3.63, 3.8) is 0 Å². The van der Waals surface area contributed by atoms with Crippen LogP contribution in [0, 0.1) is 23.7 Å². The van der Waals surface area contributed by atoms with Gasteiger partial charge in [0.1, 0.15) is 6.04 Å². The topological polar surface area (TPSA) is 81.2 Å². The second kappa shape index (κ2) is 8.69. The molecule has 134 valence electrons. The molecule has 24 heavy (non-hydrogen) atoms. The van der Waals surface area contributed by atoms with Crippen LogP contribution < -0.4 is 0 Å². The number of nitrogens with zero attached hydrogens (tertiary/aromatic N) is 3. The van der Waals surface area contributed by atoms with Gasteiger partial charge in [-0.15, -0.1) is 0 Å². The quantitative estimate of drug-likeness (QED) is 0.713. The normalized spacial score (nSPS) is 18.3. The van der Waals surface area contributed by atoms with Crippen molar-refractivity contribution in [2.45, 2.75) is 26.3 Å². The fourth-order valence-corrected chi connectivity index (χ4v) is 2.82. The van der Waals surface area contributed by atoms with Crippen LogP contribution in [-0.4, -0.2) is 84.4 Å². The first-order valence-electron chi connectivity index (χ1n) is 8.07. The zero-order valence-corrected chi connectivity index (χ0v) is 15.1. The van der Waals surface area contributed by atoms with Crippen LogP contribution in [0.3, 0.4) is 0 Å². The summed E-state index contributed by atoms with van der Waals surface area (Å²) >= 11 is 0. The summed E-state index contributed by atoms with van der Waals surface area (Å²) in [4.78, 5) is 40.7. The molecule has 1 saturated heterocycles. The molecule has 2 atom stereocenters. The highest BCUT2D eigenvalue weighted by Crippen LogP contribution is 2.21. The van der Waals surface area contributed by atoms with Gasteiger partial charge in [-0.3, -0.25) is 14.5 Å². The van der Waals surface area contributed by atoms with Crippen molar-refractivity contribution < 1.29 is 19.5 Å². The lowest BCUT2D eigenvalue weighted by Gasteiger charge is -2.29. The fraction of sp³-hybridized carbons (Fsp3) is 0.706. The smallest absolute Gasteiger partial charge is 0.326 e. The molecule has 0 aromatic heterocycles. The Morgan fingerprint density at radius 2 is 1.88 bits per heavy atom. The highest BCUT2D eigenvalue weighted by atomic mass is 16.4. The number of carboxylic acid groups (broad SMARTS) is 1. The van der Waals surface area contributed by atoms with E-state index >= 15 is 0 Å². The van der Waals surface area contributed by atoms with E-state index in [1.54, 1.807) is 18.7 Å². The van der Waals surface area contributed by atoms with Crippen LogP contribution >= 0.6 is 0 Å². The van der Waals surface area contributed by atoms with E-state index < -0.39 is 12.0 Å². The van der Waals surface area contributed by atoms with Crippen molar-refractivity contribution in [3.8, 4) is 11.8 Å². The molecule has 2 amide bonds. The standard InChI is InChI=1S/C17H27N3O4/c1-12(2)15(17(23)24)19(5)16(22)13-8-10-20(11-13)14(21)7-6-9-18(3)4/h12-13,15H,8-11H2,1-5H3,(H,23,24)/t13-,15?/m0/s1. The molecule has 1 aliphatic heterocycles. The fourth-order valence-electron chi connectivity index (χ4n) is 2.82. The first-order chi connectivity index (χ1) is 11.1. The van der Waals surface area contributed by atoms with Crippen molar-refractivity contribution in [1.29, 1.82) is 0 Å². The van der Waals surface area contributed by atoms with E-state index in [0.29, 0.717) is 26.1 Å². The van der Waals surface area contributed by atoms with E-state index in [-0.39, 0.29) is 23.7 Å². The van der Waals surface area contributed by atoms with Crippen LogP contribution in [0.1, 0.15) is 20.3 Å². The van der Waals surface area contributed by atoms with Gasteiger partial charge in [0, 0.05) is 20.1 Å². The minimum absolute atomic E-state index is 0.188. The third-order valence-corrected chi connectivity index (χ3v) is 4.06. The van der Waals surface area contributed by atoms with Gasteiger partial charge >= 0.3 is 5.97 Å². The molecule has 0 aromatic carbocycles. The Morgan fingerprint density at radius 1 is 1.25 bits per heavy atom. The molecule has 1 aliphatic rings. The van der Waals surface area contributed by atoms with Crippen LogP contribution in [0.4, 0.5) is 0 Å². The summed E-state index contributed by atoms with van der Waals surface area (Å²) in [6.45, 7) is 4.81. The Hall–Kier alpha value is -2.07. The third kappa shape index (κ3) is 5.24. The van der Waals surface area contributed by atoms with Crippen molar-refractivity contribution in [1.82, 2.24) is 14.7 Å². The van der Waals surface area contributed by atoms with Crippen LogP contribution in [0.2, 0.25) is 0 Å². The number of aliphatic carboxylic acids is 1. The summed E-state index contributed by atoms with van der Waals surface area (Å²) in [5.41, 5.74) is 0. The number of carboxylic acids is 1. The monoisotopic (exact) mass is 337 g/mol. The molecular weight excluding hydrogens is 310 g/mol. The van der Waals surface area contributed by atoms with Crippen LogP contribution in [-0.2, 0) is 14.4 Å². The summed E-state index contributed by atoms with van der Waals surface area (Å²) in [5.74, 6) is 3.29. The summed E-state index contributed by atoms with van der Waals surface area (Å²) in [5, 5.41) is 9.31. The second-order valence-corrected chi connectivity index (χ2v) is 6.75. The molecule has 0 radical (unpaired) electrons. The maximum Gasteiger partial charge on any atom is 0.326 e. The lowest BCUT2D eigenvalue weighted by atomic mass is 10.0. The van der Waals surface area contributed by atoms with Crippen molar-refractivity contribution >= 4 is 17.8 Å². The molecule has 0 bridgehead atoms. The number of hydrogen-bond acceptors (Lipinski definition) is 4. The van der Waals surface area contributed by atoms with Gasteiger partial charge in [-0.1, -0.05) is 19.8 Å². The number of carbonyl (C=O) groups excluding carboxylic acids is 2.